The molecule has 0 bridgehead atoms. The fraction of sp³-hybridized carbons (Fsp3) is 0.182. The van der Waals surface area contributed by atoms with Crippen molar-refractivity contribution in [3.8, 4) is 0 Å². The van der Waals surface area contributed by atoms with Gasteiger partial charge in [-0.05, 0) is 24.1 Å². The summed E-state index contributed by atoms with van der Waals surface area (Å²) in [5.41, 5.74) is 6.71. The highest BCUT2D eigenvalue weighted by Gasteiger charge is 2.06. The van der Waals surface area contributed by atoms with Gasteiger partial charge in [0.05, 0.1) is 5.69 Å². The minimum Gasteiger partial charge on any atom is -0.396 e. The molecule has 0 radical (unpaired) electrons. The van der Waals surface area contributed by atoms with E-state index >= 15 is 0 Å². The highest BCUT2D eigenvalue weighted by molar-refractivity contribution is 7.16. The van der Waals surface area contributed by atoms with E-state index in [0.29, 0.717) is 0 Å². The van der Waals surface area contributed by atoms with Gasteiger partial charge in [0, 0.05) is 6.42 Å². The fourth-order valence-electron chi connectivity index (χ4n) is 1.70. The summed E-state index contributed by atoms with van der Waals surface area (Å²) in [7, 11) is 0. The van der Waals surface area contributed by atoms with Gasteiger partial charge >= 0.3 is 0 Å². The third kappa shape index (κ3) is 2.04. The molecule has 2 heterocycles. The molecule has 0 amide bonds. The molecule has 2 N–H and O–H groups in total. The van der Waals surface area contributed by atoms with Crippen LogP contribution in [0.25, 0.3) is 4.96 Å². The predicted octanol–water partition coefficient (Wildman–Crippen LogP) is 1.69. The van der Waals surface area contributed by atoms with Crippen LogP contribution < -0.4 is 5.73 Å². The van der Waals surface area contributed by atoms with Crippen LogP contribution in [0.5, 0.6) is 0 Å². The maximum absolute atomic E-state index is 13.0. The summed E-state index contributed by atoms with van der Waals surface area (Å²) in [5.74, 6) is -0.377. The van der Waals surface area contributed by atoms with Gasteiger partial charge in [-0.25, -0.2) is 4.39 Å². The molecule has 3 rings (SSSR count). The first kappa shape index (κ1) is 11.1. The molecule has 0 aliphatic heterocycles. The summed E-state index contributed by atoms with van der Waals surface area (Å²) in [6, 6.07) is 4.80. The van der Waals surface area contributed by atoms with E-state index in [9.17, 15) is 4.39 Å². The van der Waals surface area contributed by atoms with Crippen molar-refractivity contribution < 1.29 is 4.39 Å². The number of aromatic nitrogens is 4. The molecule has 0 saturated carbocycles. The third-order valence-corrected chi connectivity index (χ3v) is 3.59. The fourth-order valence-corrected chi connectivity index (χ4v) is 2.52. The quantitative estimate of drug-likeness (QED) is 0.730. The van der Waals surface area contributed by atoms with Crippen LogP contribution in [-0.2, 0) is 12.8 Å². The van der Waals surface area contributed by atoms with Crippen molar-refractivity contribution in [2.75, 3.05) is 5.73 Å². The number of nitrogens with zero attached hydrogens (tertiary/aromatic N) is 4. The van der Waals surface area contributed by atoms with Crippen LogP contribution in [0.15, 0.2) is 24.5 Å². The lowest BCUT2D eigenvalue weighted by atomic mass is 10.1. The van der Waals surface area contributed by atoms with Gasteiger partial charge in [0.1, 0.15) is 17.2 Å². The number of hydrogen-bond donors (Lipinski definition) is 1. The van der Waals surface area contributed by atoms with Crippen molar-refractivity contribution in [2.24, 2.45) is 0 Å². The Morgan fingerprint density at radius 1 is 1.33 bits per heavy atom. The number of anilines is 1. The molecule has 7 heteroatoms. The molecule has 5 nitrogen and oxygen atoms in total. The van der Waals surface area contributed by atoms with Gasteiger partial charge in [-0.3, -0.25) is 0 Å². The molecule has 0 unspecified atom stereocenters. The molecule has 0 spiro atoms. The van der Waals surface area contributed by atoms with Gasteiger partial charge in [0.2, 0.25) is 4.96 Å². The van der Waals surface area contributed by atoms with Crippen molar-refractivity contribution in [1.29, 1.82) is 0 Å². The Morgan fingerprint density at radius 3 is 3.00 bits per heavy atom. The van der Waals surface area contributed by atoms with Crippen LogP contribution in [-0.4, -0.2) is 19.8 Å². The lowest BCUT2D eigenvalue weighted by Crippen LogP contribution is -1.96. The Labute approximate surface area is 106 Å². The smallest absolute Gasteiger partial charge is 0.234 e. The van der Waals surface area contributed by atoms with Crippen LogP contribution in [0.1, 0.15) is 10.6 Å². The number of hydrogen-bond acceptors (Lipinski definition) is 5. The maximum Gasteiger partial charge on any atom is 0.234 e. The van der Waals surface area contributed by atoms with E-state index in [2.05, 4.69) is 15.3 Å². The topological polar surface area (TPSA) is 69.1 Å². The number of benzene rings is 1. The second-order valence-electron chi connectivity index (χ2n) is 3.91. The van der Waals surface area contributed by atoms with Gasteiger partial charge < -0.3 is 5.73 Å². The lowest BCUT2D eigenvalue weighted by molar-refractivity contribution is 0.631. The second kappa shape index (κ2) is 4.34. The van der Waals surface area contributed by atoms with Crippen molar-refractivity contribution in [1.82, 2.24) is 19.8 Å². The molecule has 0 atom stereocenters. The Balaban J connectivity index is 1.73. The Bertz CT molecular complexity index is 661. The summed E-state index contributed by atoms with van der Waals surface area (Å²) < 4.78 is 14.7. The SMILES string of the molecule is Nc1cc(CCc2nn3cnnc3s2)ccc1F. The largest absolute Gasteiger partial charge is 0.396 e. The average Bonchev–Trinajstić information content (AvgIpc) is 2.91. The Kier molecular flexibility index (Phi) is 2.67. The molecule has 0 aliphatic rings. The van der Waals surface area contributed by atoms with Crippen molar-refractivity contribution in [3.05, 3.63) is 40.9 Å². The number of nitrogens with two attached hydrogens (primary N) is 1. The molecular weight excluding hydrogens is 253 g/mol. The molecule has 18 heavy (non-hydrogen) atoms. The third-order valence-electron chi connectivity index (χ3n) is 2.62. The predicted molar refractivity (Wildman–Crippen MR) is 66.9 cm³/mol. The van der Waals surface area contributed by atoms with Gasteiger partial charge in [-0.15, -0.1) is 10.2 Å². The Hall–Kier alpha value is -2.02. The van der Waals surface area contributed by atoms with E-state index in [1.807, 2.05) is 0 Å². The summed E-state index contributed by atoms with van der Waals surface area (Å²) in [6.07, 6.45) is 3.12. The summed E-state index contributed by atoms with van der Waals surface area (Å²) in [5, 5.41) is 13.0. The number of fused-ring (bicyclic) bond motifs is 1. The first-order valence-corrected chi connectivity index (χ1v) is 6.23. The monoisotopic (exact) mass is 263 g/mol. The average molecular weight is 263 g/mol. The van der Waals surface area contributed by atoms with Crippen LogP contribution in [0.2, 0.25) is 0 Å². The number of aryl methyl sites for hydroxylation is 2. The maximum atomic E-state index is 13.0. The summed E-state index contributed by atoms with van der Waals surface area (Å²) in [4.78, 5) is 0.781. The van der Waals surface area contributed by atoms with E-state index in [-0.39, 0.29) is 11.5 Å². The zero-order chi connectivity index (χ0) is 12.5. The second-order valence-corrected chi connectivity index (χ2v) is 4.95. The van der Waals surface area contributed by atoms with E-state index in [1.54, 1.807) is 23.0 Å². The lowest BCUT2D eigenvalue weighted by Gasteiger charge is -2.01. The zero-order valence-electron chi connectivity index (χ0n) is 9.38. The molecule has 0 aliphatic carbocycles. The first-order valence-electron chi connectivity index (χ1n) is 5.42. The number of nitrogen functional groups attached to an aromatic ring is 1. The molecule has 92 valence electrons. The molecule has 0 saturated heterocycles. The van der Waals surface area contributed by atoms with Crippen LogP contribution in [0.3, 0.4) is 0 Å². The van der Waals surface area contributed by atoms with Crippen molar-refractivity contribution >= 4 is 22.0 Å². The van der Waals surface area contributed by atoms with Crippen molar-refractivity contribution in [3.63, 3.8) is 0 Å². The highest BCUT2D eigenvalue weighted by atomic mass is 32.1. The minimum atomic E-state index is -0.377. The van der Waals surface area contributed by atoms with Crippen LogP contribution >= 0.6 is 11.3 Å². The van der Waals surface area contributed by atoms with E-state index < -0.39 is 0 Å². The normalized spacial score (nSPS) is 11.2. The van der Waals surface area contributed by atoms with E-state index in [4.69, 9.17) is 5.73 Å². The molecule has 3 aromatic rings. The standard InChI is InChI=1S/C11H10FN5S/c12-8-3-1-7(5-9(8)13)2-4-10-16-17-6-14-15-11(17)18-10/h1,3,5-6H,2,4,13H2. The minimum absolute atomic E-state index is 0.186. The van der Waals surface area contributed by atoms with E-state index in [0.717, 1.165) is 28.4 Å². The number of halogens is 1. The van der Waals surface area contributed by atoms with Gasteiger partial charge in [0.15, 0.2) is 0 Å². The Morgan fingerprint density at radius 2 is 2.22 bits per heavy atom. The molecule has 0 fully saturated rings. The van der Waals surface area contributed by atoms with E-state index in [1.165, 1.54) is 17.4 Å². The number of rotatable bonds is 3. The van der Waals surface area contributed by atoms with Crippen molar-refractivity contribution in [2.45, 2.75) is 12.8 Å². The molecule has 1 aromatic carbocycles. The molecular formula is C11H10FN5S. The highest BCUT2D eigenvalue weighted by Crippen LogP contribution is 2.17. The summed E-state index contributed by atoms with van der Waals surface area (Å²) in [6.45, 7) is 0. The molecule has 2 aromatic heterocycles. The summed E-state index contributed by atoms with van der Waals surface area (Å²) >= 11 is 1.50. The van der Waals surface area contributed by atoms with Gasteiger partial charge in [0.25, 0.3) is 0 Å². The van der Waals surface area contributed by atoms with Gasteiger partial charge in [-0.2, -0.15) is 9.61 Å². The van der Waals surface area contributed by atoms with Crippen LogP contribution in [0, 0.1) is 5.82 Å². The first-order chi connectivity index (χ1) is 8.72. The van der Waals surface area contributed by atoms with Crippen LogP contribution in [0.4, 0.5) is 10.1 Å². The van der Waals surface area contributed by atoms with Gasteiger partial charge in [-0.1, -0.05) is 17.4 Å². The zero-order valence-corrected chi connectivity index (χ0v) is 10.2.